The first-order valence-corrected chi connectivity index (χ1v) is 8.19. The predicted octanol–water partition coefficient (Wildman–Crippen LogP) is 1.34. The molecule has 0 aliphatic carbocycles. The third kappa shape index (κ3) is 2.84. The van der Waals surface area contributed by atoms with Crippen LogP contribution in [0.15, 0.2) is 29.2 Å². The number of thiophene rings is 1. The van der Waals surface area contributed by atoms with Gasteiger partial charge in [-0.05, 0) is 26.8 Å². The van der Waals surface area contributed by atoms with Crippen molar-refractivity contribution in [3.8, 4) is 0 Å². The van der Waals surface area contributed by atoms with Gasteiger partial charge in [-0.2, -0.15) is 0 Å². The molecule has 2 rings (SSSR count). The Balaban J connectivity index is 2.75. The first-order valence-electron chi connectivity index (χ1n) is 5.89. The molecule has 0 spiro atoms. The van der Waals surface area contributed by atoms with Crippen molar-refractivity contribution >= 4 is 37.4 Å². The number of hydrogen-bond donors (Lipinski definition) is 1. The van der Waals surface area contributed by atoms with Crippen molar-refractivity contribution < 1.29 is 18.3 Å². The van der Waals surface area contributed by atoms with Gasteiger partial charge in [-0.15, -0.1) is 11.3 Å². The Kier molecular flexibility index (Phi) is 3.62. The first-order chi connectivity index (χ1) is 9.12. The van der Waals surface area contributed by atoms with E-state index in [0.29, 0.717) is 10.1 Å². The van der Waals surface area contributed by atoms with Gasteiger partial charge in [0.1, 0.15) is 4.90 Å². The number of fused-ring (bicyclic) bond motifs is 1. The monoisotopic (exact) mass is 312 g/mol. The van der Waals surface area contributed by atoms with E-state index in [1.165, 1.54) is 0 Å². The SMILES string of the molecule is CC(C)(C)NS(=O)(=O)c1c(C(=O)[O-])sc2ccccc12. The number of carboxylic acids is 1. The first kappa shape index (κ1) is 15.0. The molecule has 1 N–H and O–H groups in total. The van der Waals surface area contributed by atoms with E-state index < -0.39 is 21.5 Å². The molecule has 0 radical (unpaired) electrons. The van der Waals surface area contributed by atoms with E-state index in [2.05, 4.69) is 4.72 Å². The zero-order valence-electron chi connectivity index (χ0n) is 11.3. The summed E-state index contributed by atoms with van der Waals surface area (Å²) in [5.41, 5.74) is -0.703. The van der Waals surface area contributed by atoms with Gasteiger partial charge in [0.05, 0.1) is 10.8 Å². The second-order valence-corrected chi connectivity index (χ2v) is 8.07. The third-order valence-electron chi connectivity index (χ3n) is 2.44. The van der Waals surface area contributed by atoms with E-state index in [4.69, 9.17) is 0 Å². The van der Waals surface area contributed by atoms with Crippen LogP contribution in [0.2, 0.25) is 0 Å². The molecular formula is C13H14NO4S2-. The number of rotatable bonds is 3. The molecule has 1 aromatic carbocycles. The van der Waals surface area contributed by atoms with E-state index >= 15 is 0 Å². The van der Waals surface area contributed by atoms with Crippen molar-refractivity contribution in [2.24, 2.45) is 0 Å². The van der Waals surface area contributed by atoms with Crippen LogP contribution in [0.3, 0.4) is 0 Å². The molecule has 5 nitrogen and oxygen atoms in total. The van der Waals surface area contributed by atoms with Crippen molar-refractivity contribution in [1.82, 2.24) is 4.72 Å². The van der Waals surface area contributed by atoms with Crippen molar-refractivity contribution in [2.75, 3.05) is 0 Å². The minimum atomic E-state index is -3.94. The van der Waals surface area contributed by atoms with Crippen LogP contribution in [0.5, 0.6) is 0 Å². The molecule has 0 fully saturated rings. The molecule has 1 aromatic heterocycles. The number of hydrogen-bond acceptors (Lipinski definition) is 5. The molecule has 0 saturated carbocycles. The Hall–Kier alpha value is -1.44. The molecule has 7 heteroatoms. The molecule has 0 unspecified atom stereocenters. The molecular weight excluding hydrogens is 298 g/mol. The predicted molar refractivity (Wildman–Crippen MR) is 76.2 cm³/mol. The summed E-state index contributed by atoms with van der Waals surface area (Å²) in [5, 5.41) is 11.6. The second kappa shape index (κ2) is 4.83. The summed E-state index contributed by atoms with van der Waals surface area (Å²) >= 11 is 0.904. The van der Waals surface area contributed by atoms with Crippen molar-refractivity contribution in [3.05, 3.63) is 29.1 Å². The Morgan fingerprint density at radius 1 is 1.25 bits per heavy atom. The number of sulfonamides is 1. The number of benzene rings is 1. The number of carboxylic acid groups (broad SMARTS) is 1. The largest absolute Gasteiger partial charge is 0.544 e. The van der Waals surface area contributed by atoms with Gasteiger partial charge in [-0.3, -0.25) is 0 Å². The van der Waals surface area contributed by atoms with Gasteiger partial charge >= 0.3 is 0 Å². The van der Waals surface area contributed by atoms with Crippen LogP contribution >= 0.6 is 11.3 Å². The molecule has 2 aromatic rings. The van der Waals surface area contributed by atoms with Gasteiger partial charge in [0.2, 0.25) is 10.0 Å². The summed E-state index contributed by atoms with van der Waals surface area (Å²) in [6.45, 7) is 5.08. The summed E-state index contributed by atoms with van der Waals surface area (Å²) in [5.74, 6) is -1.49. The van der Waals surface area contributed by atoms with E-state index in [9.17, 15) is 18.3 Å². The van der Waals surface area contributed by atoms with Crippen molar-refractivity contribution in [3.63, 3.8) is 0 Å². The Morgan fingerprint density at radius 2 is 1.85 bits per heavy atom. The highest BCUT2D eigenvalue weighted by Gasteiger charge is 2.28. The topological polar surface area (TPSA) is 86.3 Å². The fraction of sp³-hybridized carbons (Fsp3) is 0.308. The minimum absolute atomic E-state index is 0.215. The van der Waals surface area contributed by atoms with E-state index in [0.717, 1.165) is 11.3 Å². The third-order valence-corrected chi connectivity index (χ3v) is 5.57. The summed E-state index contributed by atoms with van der Waals surface area (Å²) in [4.78, 5) is 10.7. The molecule has 0 aliphatic heterocycles. The van der Waals surface area contributed by atoms with Crippen LogP contribution in [-0.2, 0) is 10.0 Å². The maximum Gasteiger partial charge on any atom is 0.243 e. The lowest BCUT2D eigenvalue weighted by Gasteiger charge is -2.20. The number of carbonyl (C=O) groups is 1. The van der Waals surface area contributed by atoms with Gasteiger partial charge in [-0.25, -0.2) is 13.1 Å². The van der Waals surface area contributed by atoms with E-state index in [1.807, 2.05) is 0 Å². The van der Waals surface area contributed by atoms with Crippen molar-refractivity contribution in [2.45, 2.75) is 31.2 Å². The normalized spacial score (nSPS) is 12.8. The zero-order chi connectivity index (χ0) is 15.1. The van der Waals surface area contributed by atoms with Crippen LogP contribution < -0.4 is 9.83 Å². The lowest BCUT2D eigenvalue weighted by molar-refractivity contribution is -0.254. The molecule has 0 atom stereocenters. The summed E-state index contributed by atoms with van der Waals surface area (Å²) < 4.78 is 28.0. The molecule has 0 bridgehead atoms. The van der Waals surface area contributed by atoms with Crippen LogP contribution in [0, 0.1) is 0 Å². The van der Waals surface area contributed by atoms with Gasteiger partial charge in [0.25, 0.3) is 0 Å². The zero-order valence-corrected chi connectivity index (χ0v) is 12.9. The van der Waals surface area contributed by atoms with Crippen LogP contribution in [-0.4, -0.2) is 19.9 Å². The summed E-state index contributed by atoms with van der Waals surface area (Å²) in [6.07, 6.45) is 0. The quantitative estimate of drug-likeness (QED) is 0.926. The van der Waals surface area contributed by atoms with Gasteiger partial charge in [-0.1, -0.05) is 18.2 Å². The standard InChI is InChI=1S/C13H15NO4S2/c1-13(2,3)14-20(17,18)11-8-6-4-5-7-9(8)19-10(11)12(15)16/h4-7,14H,1-3H3,(H,15,16)/p-1. The molecule has 0 saturated heterocycles. The fourth-order valence-corrected chi connectivity index (χ4v) is 5.03. The van der Waals surface area contributed by atoms with Gasteiger partial charge in [0.15, 0.2) is 0 Å². The van der Waals surface area contributed by atoms with Crippen LogP contribution in [0.4, 0.5) is 0 Å². The van der Waals surface area contributed by atoms with E-state index in [1.54, 1.807) is 45.0 Å². The summed E-state index contributed by atoms with van der Waals surface area (Å²) in [7, 11) is -3.94. The number of aromatic carboxylic acids is 1. The fourth-order valence-electron chi connectivity index (χ4n) is 1.88. The highest BCUT2D eigenvalue weighted by Crippen LogP contribution is 2.34. The average molecular weight is 312 g/mol. The molecule has 0 aliphatic rings. The smallest absolute Gasteiger partial charge is 0.243 e. The maximum absolute atomic E-state index is 12.5. The average Bonchev–Trinajstić information content (AvgIpc) is 2.65. The van der Waals surface area contributed by atoms with E-state index in [-0.39, 0.29) is 9.77 Å². The number of carbonyl (C=O) groups excluding carboxylic acids is 1. The van der Waals surface area contributed by atoms with Gasteiger partial charge in [0, 0.05) is 15.6 Å². The Morgan fingerprint density at radius 3 is 2.40 bits per heavy atom. The van der Waals surface area contributed by atoms with Gasteiger partial charge < -0.3 is 9.90 Å². The Labute approximate surface area is 121 Å². The van der Waals surface area contributed by atoms with Crippen LogP contribution in [0.25, 0.3) is 10.1 Å². The lowest BCUT2D eigenvalue weighted by Crippen LogP contribution is -2.41. The summed E-state index contributed by atoms with van der Waals surface area (Å²) in [6, 6.07) is 6.67. The minimum Gasteiger partial charge on any atom is -0.544 e. The van der Waals surface area contributed by atoms with Crippen molar-refractivity contribution in [1.29, 1.82) is 0 Å². The van der Waals surface area contributed by atoms with Crippen LogP contribution in [0.1, 0.15) is 30.4 Å². The molecule has 108 valence electrons. The second-order valence-electron chi connectivity index (χ2n) is 5.40. The highest BCUT2D eigenvalue weighted by atomic mass is 32.2. The maximum atomic E-state index is 12.5. The Bertz CT molecular complexity index is 769. The number of nitrogens with one attached hydrogen (secondary N) is 1. The molecule has 1 heterocycles. The lowest BCUT2D eigenvalue weighted by atomic mass is 10.1. The molecule has 0 amide bonds. The molecule has 20 heavy (non-hydrogen) atoms. The highest BCUT2D eigenvalue weighted by molar-refractivity contribution is 7.90.